The third-order valence-electron chi connectivity index (χ3n) is 10.2. The third-order valence-corrected chi connectivity index (χ3v) is 11.2. The molecule has 1 aliphatic rings. The number of phosphoric ester groups is 1. The Morgan fingerprint density at radius 2 is 1.00 bits per heavy atom. The summed E-state index contributed by atoms with van der Waals surface area (Å²) in [7, 11) is -5.02. The van der Waals surface area contributed by atoms with Gasteiger partial charge in [-0.25, -0.2) is 4.57 Å². The van der Waals surface area contributed by atoms with Gasteiger partial charge < -0.3 is 39.9 Å². The van der Waals surface area contributed by atoms with Gasteiger partial charge in [-0.2, -0.15) is 0 Å². The van der Waals surface area contributed by atoms with Gasteiger partial charge in [0.05, 0.1) is 13.2 Å². The van der Waals surface area contributed by atoms with Gasteiger partial charge in [-0.3, -0.25) is 13.8 Å². The number of aliphatic hydroxyl groups excluding tert-OH is 5. The van der Waals surface area contributed by atoms with Crippen LogP contribution in [0.25, 0.3) is 0 Å². The number of aliphatic hydroxyl groups is 5. The summed E-state index contributed by atoms with van der Waals surface area (Å²) in [4.78, 5) is 23.1. The van der Waals surface area contributed by atoms with Crippen molar-refractivity contribution in [3.05, 3.63) is 36.5 Å². The fourth-order valence-electron chi connectivity index (χ4n) is 6.60. The van der Waals surface area contributed by atoms with E-state index in [0.29, 0.717) is 13.0 Å². The number of rotatable bonds is 37. The Kier molecular flexibility index (Phi) is 33.2. The highest BCUT2D eigenvalue weighted by molar-refractivity contribution is 7.47. The van der Waals surface area contributed by atoms with Crippen LogP contribution in [0.4, 0.5) is 0 Å². The Bertz CT molecular complexity index is 1090. The van der Waals surface area contributed by atoms with Gasteiger partial charge in [0.15, 0.2) is 0 Å². The number of carbonyl (C=O) groups excluding carboxylic acids is 1. The molecular weight excluding hydrogens is 751 g/mol. The van der Waals surface area contributed by atoms with Gasteiger partial charge in [0.25, 0.3) is 0 Å². The van der Waals surface area contributed by atoms with Crippen LogP contribution in [0.15, 0.2) is 36.5 Å². The largest absolute Gasteiger partial charge is 0.472 e. The SMILES string of the molecule is CCCC/C=C\C/C=C\CCCCCCCCOCC(COP(=O)(O)OC1C(O)C(O)C(O)C(O)C1O)OC(=O)CCCCCCC/C=C\CCCCCCCC. The molecular formula is C44H81O12P. The zero-order valence-electron chi connectivity index (χ0n) is 35.4. The van der Waals surface area contributed by atoms with Crippen molar-refractivity contribution < 1.29 is 58.3 Å². The lowest BCUT2D eigenvalue weighted by Crippen LogP contribution is -2.64. The maximum absolute atomic E-state index is 12.8. The van der Waals surface area contributed by atoms with Crippen LogP contribution in [0.5, 0.6) is 0 Å². The molecule has 6 N–H and O–H groups in total. The number of carbonyl (C=O) groups is 1. The fraction of sp³-hybridized carbons (Fsp3) is 0.841. The zero-order valence-corrected chi connectivity index (χ0v) is 36.3. The van der Waals surface area contributed by atoms with E-state index < -0.39 is 63.1 Å². The Balaban J connectivity index is 2.43. The molecule has 57 heavy (non-hydrogen) atoms. The number of allylic oxidation sites excluding steroid dienone is 6. The first-order valence-electron chi connectivity index (χ1n) is 22.3. The predicted octanol–water partition coefficient (Wildman–Crippen LogP) is 8.70. The summed E-state index contributed by atoms with van der Waals surface area (Å²) in [6.07, 6.45) is 27.8. The molecule has 0 radical (unpaired) electrons. The van der Waals surface area contributed by atoms with E-state index in [1.807, 2.05) is 0 Å². The summed E-state index contributed by atoms with van der Waals surface area (Å²) in [5, 5.41) is 50.1. The molecule has 6 atom stereocenters. The molecule has 0 spiro atoms. The topological polar surface area (TPSA) is 192 Å². The molecule has 0 heterocycles. The van der Waals surface area contributed by atoms with Crippen LogP contribution >= 0.6 is 7.82 Å². The summed E-state index contributed by atoms with van der Waals surface area (Å²) < 4.78 is 34.1. The lowest BCUT2D eigenvalue weighted by atomic mass is 9.85. The van der Waals surface area contributed by atoms with Crippen LogP contribution in [-0.2, 0) is 27.9 Å². The van der Waals surface area contributed by atoms with Crippen LogP contribution < -0.4 is 0 Å². The van der Waals surface area contributed by atoms with Crippen molar-refractivity contribution in [2.24, 2.45) is 0 Å². The minimum atomic E-state index is -5.02. The molecule has 1 saturated carbocycles. The first-order chi connectivity index (χ1) is 27.5. The highest BCUT2D eigenvalue weighted by Crippen LogP contribution is 2.47. The second-order valence-corrected chi connectivity index (χ2v) is 16.9. The fourth-order valence-corrected chi connectivity index (χ4v) is 7.57. The lowest BCUT2D eigenvalue weighted by Gasteiger charge is -2.41. The monoisotopic (exact) mass is 833 g/mol. The minimum Gasteiger partial charge on any atom is -0.457 e. The summed E-state index contributed by atoms with van der Waals surface area (Å²) in [5.74, 6) is -0.491. The summed E-state index contributed by atoms with van der Waals surface area (Å²) in [5.41, 5.74) is 0. The Morgan fingerprint density at radius 3 is 1.54 bits per heavy atom. The van der Waals surface area contributed by atoms with Crippen molar-refractivity contribution in [2.45, 2.75) is 217 Å². The van der Waals surface area contributed by atoms with Crippen molar-refractivity contribution >= 4 is 13.8 Å². The second kappa shape index (κ2) is 35.3. The van der Waals surface area contributed by atoms with E-state index in [0.717, 1.165) is 89.9 Å². The minimum absolute atomic E-state index is 0.0868. The number of esters is 1. The van der Waals surface area contributed by atoms with E-state index in [9.17, 15) is 39.8 Å². The number of hydrogen-bond donors (Lipinski definition) is 6. The molecule has 0 saturated heterocycles. The molecule has 1 fully saturated rings. The van der Waals surface area contributed by atoms with Crippen LogP contribution in [0, 0.1) is 0 Å². The van der Waals surface area contributed by atoms with Crippen molar-refractivity contribution in [3.63, 3.8) is 0 Å². The predicted molar refractivity (Wildman–Crippen MR) is 226 cm³/mol. The maximum Gasteiger partial charge on any atom is 0.472 e. The average Bonchev–Trinajstić information content (AvgIpc) is 3.19. The second-order valence-electron chi connectivity index (χ2n) is 15.5. The van der Waals surface area contributed by atoms with E-state index in [2.05, 4.69) is 50.3 Å². The lowest BCUT2D eigenvalue weighted by molar-refractivity contribution is -0.220. The van der Waals surface area contributed by atoms with Crippen molar-refractivity contribution in [1.29, 1.82) is 0 Å². The maximum atomic E-state index is 12.8. The molecule has 1 aliphatic carbocycles. The van der Waals surface area contributed by atoms with Crippen LogP contribution in [-0.4, -0.2) is 98.9 Å². The van der Waals surface area contributed by atoms with Gasteiger partial charge in [0, 0.05) is 13.0 Å². The summed E-state index contributed by atoms with van der Waals surface area (Å²) in [6, 6.07) is 0. The molecule has 0 aromatic heterocycles. The van der Waals surface area contributed by atoms with Crippen molar-refractivity contribution in [3.8, 4) is 0 Å². The average molecular weight is 833 g/mol. The first-order valence-corrected chi connectivity index (χ1v) is 23.8. The van der Waals surface area contributed by atoms with Gasteiger partial charge in [-0.1, -0.05) is 140 Å². The molecule has 13 heteroatoms. The number of phosphoric acid groups is 1. The number of unbranched alkanes of at least 4 members (excludes halogenated alkanes) is 19. The van der Waals surface area contributed by atoms with Gasteiger partial charge >= 0.3 is 13.8 Å². The van der Waals surface area contributed by atoms with Crippen molar-refractivity contribution in [1.82, 2.24) is 0 Å². The van der Waals surface area contributed by atoms with E-state index in [1.165, 1.54) is 57.8 Å². The number of ether oxygens (including phenoxy) is 2. The molecule has 0 aromatic carbocycles. The summed E-state index contributed by atoms with van der Waals surface area (Å²) in [6.45, 7) is 4.17. The molecule has 1 rings (SSSR count). The Morgan fingerprint density at radius 1 is 0.561 bits per heavy atom. The van der Waals surface area contributed by atoms with Gasteiger partial charge in [0.2, 0.25) is 0 Å². The van der Waals surface area contributed by atoms with Crippen LogP contribution in [0.2, 0.25) is 0 Å². The smallest absolute Gasteiger partial charge is 0.457 e. The molecule has 0 amide bonds. The highest BCUT2D eigenvalue weighted by atomic mass is 31.2. The molecule has 0 bridgehead atoms. The molecule has 334 valence electrons. The van der Waals surface area contributed by atoms with E-state index in [4.69, 9.17) is 18.5 Å². The summed E-state index contributed by atoms with van der Waals surface area (Å²) >= 11 is 0. The van der Waals surface area contributed by atoms with E-state index in [-0.39, 0.29) is 13.0 Å². The quantitative estimate of drug-likeness (QED) is 0.0151. The van der Waals surface area contributed by atoms with Crippen LogP contribution in [0.3, 0.4) is 0 Å². The molecule has 12 nitrogen and oxygen atoms in total. The standard InChI is InChI=1S/C44H81O12P/c1-3-5-7-9-11-13-15-17-19-21-23-25-27-29-31-33-38(45)55-37(36-54-57(51,52)56-44-42(49)40(47)39(46)41(48)43(44)50)35-53-34-32-30-28-26-24-22-20-18-16-14-12-10-8-6-4-2/h10,12,16-19,37,39-44,46-50H,3-9,11,13-15,20-36H2,1-2H3,(H,51,52)/b12-10-,18-16-,19-17-. The Labute approximate surface area is 344 Å². The van der Waals surface area contributed by atoms with Crippen LogP contribution in [0.1, 0.15) is 174 Å². The van der Waals surface area contributed by atoms with Crippen molar-refractivity contribution in [2.75, 3.05) is 19.8 Å². The van der Waals surface area contributed by atoms with Gasteiger partial charge in [-0.05, 0) is 64.2 Å². The van der Waals surface area contributed by atoms with Gasteiger partial charge in [-0.15, -0.1) is 0 Å². The van der Waals surface area contributed by atoms with E-state index in [1.54, 1.807) is 0 Å². The highest BCUT2D eigenvalue weighted by Gasteiger charge is 2.51. The van der Waals surface area contributed by atoms with E-state index >= 15 is 0 Å². The Hall–Kier alpha value is -1.44. The molecule has 0 aromatic rings. The number of hydrogen-bond acceptors (Lipinski definition) is 11. The molecule has 6 unspecified atom stereocenters. The third kappa shape index (κ3) is 27.9. The zero-order chi connectivity index (χ0) is 42.0. The van der Waals surface area contributed by atoms with Gasteiger partial charge in [0.1, 0.15) is 42.7 Å². The molecule has 0 aliphatic heterocycles. The normalized spacial score (nSPS) is 23.2. The first kappa shape index (κ1) is 53.6.